The standard InChI is InChI=1S/C25H25N5OS/c1-16-9-10-21(15-18(16)3)30-23(20-11-13-26-14-12-20)28-29-25(30)32-19(4)24(31)27-22-8-6-5-7-17(22)2/h5-15,19H,1-4H3,(H,27,31). The van der Waals surface area contributed by atoms with Crippen molar-refractivity contribution in [2.24, 2.45) is 0 Å². The molecule has 0 aliphatic carbocycles. The minimum atomic E-state index is -0.366. The fraction of sp³-hybridized carbons (Fsp3) is 0.200. The number of rotatable bonds is 6. The lowest BCUT2D eigenvalue weighted by molar-refractivity contribution is -0.115. The number of carbonyl (C=O) groups is 1. The van der Waals surface area contributed by atoms with Crippen LogP contribution in [0, 0.1) is 20.8 Å². The number of pyridine rings is 1. The van der Waals surface area contributed by atoms with Crippen LogP contribution >= 0.6 is 11.8 Å². The number of anilines is 1. The number of aromatic nitrogens is 4. The molecule has 7 heteroatoms. The summed E-state index contributed by atoms with van der Waals surface area (Å²) in [6.45, 7) is 8.03. The van der Waals surface area contributed by atoms with Gasteiger partial charge >= 0.3 is 0 Å². The van der Waals surface area contributed by atoms with Crippen LogP contribution in [-0.4, -0.2) is 30.9 Å². The molecule has 2 heterocycles. The van der Waals surface area contributed by atoms with Gasteiger partial charge in [-0.05, 0) is 74.7 Å². The zero-order chi connectivity index (χ0) is 22.7. The first-order valence-corrected chi connectivity index (χ1v) is 11.3. The monoisotopic (exact) mass is 443 g/mol. The molecule has 4 rings (SSSR count). The van der Waals surface area contributed by atoms with Crippen molar-refractivity contribution in [3.8, 4) is 17.1 Å². The van der Waals surface area contributed by atoms with Crippen molar-refractivity contribution in [1.29, 1.82) is 0 Å². The lowest BCUT2D eigenvalue weighted by Gasteiger charge is -2.15. The third kappa shape index (κ3) is 4.57. The predicted molar refractivity (Wildman–Crippen MR) is 129 cm³/mol. The minimum Gasteiger partial charge on any atom is -0.325 e. The Labute approximate surface area is 192 Å². The van der Waals surface area contributed by atoms with Crippen molar-refractivity contribution in [2.75, 3.05) is 5.32 Å². The van der Waals surface area contributed by atoms with Crippen molar-refractivity contribution < 1.29 is 4.79 Å². The fourth-order valence-corrected chi connectivity index (χ4v) is 4.16. The maximum absolute atomic E-state index is 12.9. The Kier molecular flexibility index (Phi) is 6.37. The maximum Gasteiger partial charge on any atom is 0.237 e. The van der Waals surface area contributed by atoms with Gasteiger partial charge in [0.15, 0.2) is 11.0 Å². The van der Waals surface area contributed by atoms with Crippen LogP contribution in [0.3, 0.4) is 0 Å². The van der Waals surface area contributed by atoms with Crippen molar-refractivity contribution >= 4 is 23.4 Å². The average Bonchev–Trinajstić information content (AvgIpc) is 3.21. The van der Waals surface area contributed by atoms with Crippen molar-refractivity contribution in [3.05, 3.63) is 83.7 Å². The molecule has 162 valence electrons. The van der Waals surface area contributed by atoms with Gasteiger partial charge in [-0.1, -0.05) is 36.0 Å². The van der Waals surface area contributed by atoms with Crippen molar-refractivity contribution in [2.45, 2.75) is 38.1 Å². The summed E-state index contributed by atoms with van der Waals surface area (Å²) in [5.74, 6) is 0.633. The van der Waals surface area contributed by atoms with E-state index in [1.54, 1.807) is 12.4 Å². The van der Waals surface area contributed by atoms with E-state index in [-0.39, 0.29) is 11.2 Å². The second-order valence-electron chi connectivity index (χ2n) is 7.71. The molecule has 0 saturated heterocycles. The van der Waals surface area contributed by atoms with Gasteiger partial charge in [-0.25, -0.2) is 0 Å². The molecule has 1 atom stereocenters. The van der Waals surface area contributed by atoms with Gasteiger partial charge in [0.1, 0.15) is 0 Å². The van der Waals surface area contributed by atoms with Crippen LogP contribution in [0.4, 0.5) is 5.69 Å². The highest BCUT2D eigenvalue weighted by Gasteiger charge is 2.22. The lowest BCUT2D eigenvalue weighted by atomic mass is 10.1. The van der Waals surface area contributed by atoms with E-state index in [1.165, 1.54) is 22.9 Å². The van der Waals surface area contributed by atoms with Gasteiger partial charge in [-0.15, -0.1) is 10.2 Å². The summed E-state index contributed by atoms with van der Waals surface area (Å²) in [5.41, 5.74) is 6.11. The van der Waals surface area contributed by atoms with E-state index in [1.807, 2.05) is 54.8 Å². The van der Waals surface area contributed by atoms with Gasteiger partial charge < -0.3 is 5.32 Å². The van der Waals surface area contributed by atoms with Crippen LogP contribution in [0.1, 0.15) is 23.6 Å². The first kappa shape index (κ1) is 21.8. The van der Waals surface area contributed by atoms with Crippen molar-refractivity contribution in [3.63, 3.8) is 0 Å². The molecular formula is C25H25N5OS. The fourth-order valence-electron chi connectivity index (χ4n) is 3.29. The third-order valence-corrected chi connectivity index (χ3v) is 6.42. The normalized spacial score (nSPS) is 11.9. The highest BCUT2D eigenvalue weighted by Crippen LogP contribution is 2.31. The number of para-hydroxylation sites is 1. The molecule has 0 radical (unpaired) electrons. The van der Waals surface area contributed by atoms with Gasteiger partial charge in [0, 0.05) is 23.6 Å². The van der Waals surface area contributed by atoms with Gasteiger partial charge in [0.25, 0.3) is 0 Å². The molecular weight excluding hydrogens is 418 g/mol. The molecule has 1 unspecified atom stereocenters. The number of thioether (sulfide) groups is 1. The summed E-state index contributed by atoms with van der Waals surface area (Å²) in [6.07, 6.45) is 3.47. The molecule has 0 saturated carbocycles. The SMILES string of the molecule is Cc1ccc(-n2c(SC(C)C(=O)Nc3ccccc3C)nnc2-c2ccncc2)cc1C. The molecule has 0 aliphatic heterocycles. The predicted octanol–water partition coefficient (Wildman–Crippen LogP) is 5.37. The molecule has 1 amide bonds. The van der Waals surface area contributed by atoms with Crippen LogP contribution < -0.4 is 5.32 Å². The van der Waals surface area contributed by atoms with E-state index >= 15 is 0 Å². The average molecular weight is 444 g/mol. The highest BCUT2D eigenvalue weighted by atomic mass is 32.2. The molecule has 4 aromatic rings. The third-order valence-electron chi connectivity index (χ3n) is 5.37. The number of carbonyl (C=O) groups excluding carboxylic acids is 1. The Morgan fingerprint density at radius 2 is 1.69 bits per heavy atom. The smallest absolute Gasteiger partial charge is 0.237 e. The number of hydrogen-bond acceptors (Lipinski definition) is 5. The summed E-state index contributed by atoms with van der Waals surface area (Å²) in [4.78, 5) is 17.0. The Morgan fingerprint density at radius 3 is 2.41 bits per heavy atom. The molecule has 0 aliphatic rings. The number of aryl methyl sites for hydroxylation is 3. The summed E-state index contributed by atoms with van der Waals surface area (Å²) in [7, 11) is 0. The maximum atomic E-state index is 12.9. The van der Waals surface area contributed by atoms with E-state index in [2.05, 4.69) is 52.5 Å². The first-order chi connectivity index (χ1) is 15.4. The van der Waals surface area contributed by atoms with Gasteiger partial charge in [0.2, 0.25) is 5.91 Å². The number of nitrogens with one attached hydrogen (secondary N) is 1. The summed E-state index contributed by atoms with van der Waals surface area (Å²) >= 11 is 1.39. The zero-order valence-electron chi connectivity index (χ0n) is 18.5. The van der Waals surface area contributed by atoms with E-state index in [9.17, 15) is 4.79 Å². The van der Waals surface area contributed by atoms with Crippen molar-refractivity contribution in [1.82, 2.24) is 19.7 Å². The second-order valence-corrected chi connectivity index (χ2v) is 9.02. The summed E-state index contributed by atoms with van der Waals surface area (Å²) in [6, 6.07) is 17.8. The largest absolute Gasteiger partial charge is 0.325 e. The Morgan fingerprint density at radius 1 is 0.938 bits per heavy atom. The zero-order valence-corrected chi connectivity index (χ0v) is 19.4. The van der Waals surface area contributed by atoms with Crippen LogP contribution in [-0.2, 0) is 4.79 Å². The highest BCUT2D eigenvalue weighted by molar-refractivity contribution is 8.00. The molecule has 0 spiro atoms. The van der Waals surface area contributed by atoms with E-state index < -0.39 is 0 Å². The Hall–Kier alpha value is -3.45. The van der Waals surface area contributed by atoms with Gasteiger partial charge in [-0.3, -0.25) is 14.3 Å². The number of benzene rings is 2. The molecule has 32 heavy (non-hydrogen) atoms. The van der Waals surface area contributed by atoms with Gasteiger partial charge in [-0.2, -0.15) is 0 Å². The molecule has 0 bridgehead atoms. The summed E-state index contributed by atoms with van der Waals surface area (Å²) in [5, 5.41) is 12.2. The summed E-state index contributed by atoms with van der Waals surface area (Å²) < 4.78 is 2.00. The number of amides is 1. The molecule has 2 aromatic carbocycles. The van der Waals surface area contributed by atoms with Crippen LogP contribution in [0.5, 0.6) is 0 Å². The number of nitrogens with zero attached hydrogens (tertiary/aromatic N) is 4. The van der Waals surface area contributed by atoms with E-state index in [4.69, 9.17) is 0 Å². The van der Waals surface area contributed by atoms with Gasteiger partial charge in [0.05, 0.1) is 10.9 Å². The van der Waals surface area contributed by atoms with E-state index in [0.29, 0.717) is 11.0 Å². The van der Waals surface area contributed by atoms with E-state index in [0.717, 1.165) is 22.5 Å². The molecule has 2 aromatic heterocycles. The molecule has 6 nitrogen and oxygen atoms in total. The minimum absolute atomic E-state index is 0.0793. The second kappa shape index (κ2) is 9.36. The molecule has 0 fully saturated rings. The topological polar surface area (TPSA) is 72.7 Å². The Bertz CT molecular complexity index is 1250. The lowest BCUT2D eigenvalue weighted by Crippen LogP contribution is -2.23. The van der Waals surface area contributed by atoms with Crippen LogP contribution in [0.15, 0.2) is 72.1 Å². The number of hydrogen-bond donors (Lipinski definition) is 1. The molecule has 1 N–H and O–H groups in total. The van der Waals surface area contributed by atoms with Crippen LogP contribution in [0.25, 0.3) is 17.1 Å². The quantitative estimate of drug-likeness (QED) is 0.405. The van der Waals surface area contributed by atoms with Crippen LogP contribution in [0.2, 0.25) is 0 Å². The Balaban J connectivity index is 1.68. The first-order valence-electron chi connectivity index (χ1n) is 10.4.